The number of hydrogen-bond acceptors (Lipinski definition) is 19. The number of Topliss-reactive ketones (excluding diaryl/α,β-unsaturated/α-hetero) is 1. The van der Waals surface area contributed by atoms with Crippen LogP contribution >= 0.6 is 11.6 Å². The van der Waals surface area contributed by atoms with E-state index in [0.29, 0.717) is 49.7 Å². The van der Waals surface area contributed by atoms with Crippen molar-refractivity contribution in [2.75, 3.05) is 19.0 Å². The zero-order chi connectivity index (χ0) is 72.5. The molecule has 11 rings (SSSR count). The standard InChI is InChI=1S/C77H77ClN4O19/c1-42-57(39-77(94)69(100-72(92)50-22-16-11-17-23-50)67-75(7,58(85)38-59-76(67,41-96-59)101-45(4)84)68(89)65(97-44(3)83)63(42)74(77,5)6)98-73(93)66(64(47-18-12-9-13-19-47)81-70(90)48-20-14-10-15-21-48)99-62(88)35-34-60(86)79-40-46-24-30-52(31-25-46)80-61(87)37-54-43(2)82(56-33-32-53(95-8)36-55(54)56)71(91)49-26-28-51(78)29-27-49/h9-33,36,57-59,64-67,69,85,94H,34-35,37-41H2,1-8H3,(H,79,86)(H,80,87)(H,81,90)/t57-,58-,59+,64-,65+,66+,67-,69-,75+,76-,77+/m0/s1. The number of ketones is 1. The molecule has 1 saturated heterocycles. The van der Waals surface area contributed by atoms with Gasteiger partial charge in [-0.25, -0.2) is 9.59 Å². The SMILES string of the molecule is COc1ccc2c(c1)c(CC(=O)Nc1ccc(CNC(=O)CCC(=O)O[C@@H](C(=O)O[C@H]3C[C@@]4(O)[C@@H](OC(=O)c5ccccc5)[C@@H]5[C@]6(OC(C)=O)CO[C@@H]6C[C@H](O)[C@@]5(C)C(=O)[C@H](OC(C)=O)C(=C3C)C4(C)C)[C@@H](NC(=O)c3ccccc3)c3ccccc3)cc1)c(C)n2C(=O)c1ccc(Cl)cc1. The normalized spacial score (nSPS) is 23.9. The number of amides is 3. The van der Waals surface area contributed by atoms with Crippen molar-refractivity contribution in [3.63, 3.8) is 0 Å². The predicted molar refractivity (Wildman–Crippen MR) is 366 cm³/mol. The van der Waals surface area contributed by atoms with Crippen LogP contribution in [-0.4, -0.2) is 136 Å². The lowest BCUT2D eigenvalue weighted by Crippen LogP contribution is -2.82. The van der Waals surface area contributed by atoms with Crippen LogP contribution in [0.4, 0.5) is 5.69 Å². The Balaban J connectivity index is 0.854. The van der Waals surface area contributed by atoms with Crippen LogP contribution in [0.5, 0.6) is 5.75 Å². The van der Waals surface area contributed by atoms with E-state index >= 15 is 9.59 Å². The molecule has 7 aromatic rings. The molecule has 23 nitrogen and oxygen atoms in total. The molecule has 3 fully saturated rings. The van der Waals surface area contributed by atoms with Gasteiger partial charge in [-0.05, 0) is 127 Å². The number of nitrogens with one attached hydrogen (secondary N) is 3. The lowest BCUT2D eigenvalue weighted by Gasteiger charge is -2.67. The van der Waals surface area contributed by atoms with Gasteiger partial charge in [-0.15, -0.1) is 0 Å². The number of carbonyl (C=O) groups excluding carboxylic acids is 10. The number of hydrogen-bond donors (Lipinski definition) is 5. The number of anilines is 1. The number of ether oxygens (including phenoxy) is 7. The van der Waals surface area contributed by atoms with Gasteiger partial charge in [-0.1, -0.05) is 104 Å². The van der Waals surface area contributed by atoms with Crippen molar-refractivity contribution in [3.05, 3.63) is 213 Å². The van der Waals surface area contributed by atoms with Crippen LogP contribution in [-0.2, 0) is 74.9 Å². The number of esters is 5. The maximum atomic E-state index is 15.9. The molecule has 101 heavy (non-hydrogen) atoms. The van der Waals surface area contributed by atoms with E-state index in [9.17, 15) is 48.6 Å². The number of rotatable bonds is 21. The monoisotopic (exact) mass is 1400 g/mol. The highest BCUT2D eigenvalue weighted by Crippen LogP contribution is 2.64. The van der Waals surface area contributed by atoms with Gasteiger partial charge in [0.25, 0.3) is 11.8 Å². The fourth-order valence-electron chi connectivity index (χ4n) is 14.9. The fourth-order valence-corrected chi connectivity index (χ4v) is 15.0. The highest BCUT2D eigenvalue weighted by Gasteiger charge is 2.78. The summed E-state index contributed by atoms with van der Waals surface area (Å²) in [5, 5.41) is 36.1. The van der Waals surface area contributed by atoms with Crippen molar-refractivity contribution in [2.24, 2.45) is 16.7 Å². The van der Waals surface area contributed by atoms with Crippen LogP contribution in [0.1, 0.15) is 127 Å². The minimum atomic E-state index is -2.55. The van der Waals surface area contributed by atoms with Gasteiger partial charge in [0.2, 0.25) is 17.9 Å². The van der Waals surface area contributed by atoms with Crippen molar-refractivity contribution in [1.29, 1.82) is 0 Å². The van der Waals surface area contributed by atoms with Gasteiger partial charge < -0.3 is 59.3 Å². The van der Waals surface area contributed by atoms with E-state index in [2.05, 4.69) is 16.0 Å². The smallest absolute Gasteiger partial charge is 0.350 e. The molecule has 3 aliphatic carbocycles. The highest BCUT2D eigenvalue weighted by atomic mass is 35.5. The summed E-state index contributed by atoms with van der Waals surface area (Å²) < 4.78 is 44.2. The summed E-state index contributed by atoms with van der Waals surface area (Å²) in [6.45, 7) is 9.44. The maximum Gasteiger partial charge on any atom is 0.350 e. The minimum absolute atomic E-state index is 0.00739. The number of aliphatic hydroxyl groups is 2. The summed E-state index contributed by atoms with van der Waals surface area (Å²) in [6.07, 6.45) is -12.6. The van der Waals surface area contributed by atoms with E-state index in [1.807, 2.05) is 0 Å². The molecule has 1 aromatic heterocycles. The van der Waals surface area contributed by atoms with Gasteiger partial charge in [0.1, 0.15) is 35.7 Å². The second-order valence-electron chi connectivity index (χ2n) is 26.6. The summed E-state index contributed by atoms with van der Waals surface area (Å²) in [5.41, 5.74) is -4.80. The summed E-state index contributed by atoms with van der Waals surface area (Å²) >= 11 is 6.11. The van der Waals surface area contributed by atoms with Crippen molar-refractivity contribution in [2.45, 2.75) is 141 Å². The fraction of sp³-hybridized carbons (Fsp3) is 0.351. The zero-order valence-electron chi connectivity index (χ0n) is 56.7. The molecule has 6 aromatic carbocycles. The Kier molecular flexibility index (Phi) is 20.7. The molecular weight excluding hydrogens is 1320 g/mol. The number of fused-ring (bicyclic) bond motifs is 6. The Bertz CT molecular complexity index is 4430. The van der Waals surface area contributed by atoms with Gasteiger partial charge in [-0.2, -0.15) is 0 Å². The van der Waals surface area contributed by atoms with Crippen molar-refractivity contribution in [1.82, 2.24) is 15.2 Å². The Morgan fingerprint density at radius 2 is 1.39 bits per heavy atom. The zero-order valence-corrected chi connectivity index (χ0v) is 57.5. The lowest BCUT2D eigenvalue weighted by molar-refractivity contribution is -0.346. The molecule has 0 unspecified atom stereocenters. The lowest BCUT2D eigenvalue weighted by atomic mass is 9.44. The van der Waals surface area contributed by atoms with E-state index in [-0.39, 0.29) is 65.6 Å². The number of carbonyl (C=O) groups is 10. The Hall–Kier alpha value is -10.3. The third-order valence-corrected chi connectivity index (χ3v) is 20.4. The van der Waals surface area contributed by atoms with E-state index < -0.39 is 137 Å². The summed E-state index contributed by atoms with van der Waals surface area (Å²) in [5.74, 6) is -9.26. The Labute approximate surface area is 586 Å². The number of halogens is 1. The Morgan fingerprint density at radius 3 is 2.00 bits per heavy atom. The number of benzene rings is 6. The summed E-state index contributed by atoms with van der Waals surface area (Å²) in [7, 11) is 1.52. The summed E-state index contributed by atoms with van der Waals surface area (Å²) in [4.78, 5) is 143. The molecule has 4 aliphatic rings. The van der Waals surface area contributed by atoms with Gasteiger partial charge >= 0.3 is 29.8 Å². The molecule has 0 radical (unpaired) electrons. The molecule has 2 saturated carbocycles. The first-order valence-corrected chi connectivity index (χ1v) is 33.3. The second-order valence-corrected chi connectivity index (χ2v) is 27.0. The van der Waals surface area contributed by atoms with E-state index in [1.165, 1.54) is 59.1 Å². The first kappa shape index (κ1) is 71.9. The first-order chi connectivity index (χ1) is 48.1. The van der Waals surface area contributed by atoms with Gasteiger partial charge in [0.15, 0.2) is 17.5 Å². The van der Waals surface area contributed by atoms with E-state index in [4.69, 9.17) is 44.8 Å². The van der Waals surface area contributed by atoms with Crippen molar-refractivity contribution in [3.8, 4) is 5.75 Å². The number of nitrogens with zero attached hydrogens (tertiary/aromatic N) is 1. The molecule has 24 heteroatoms. The van der Waals surface area contributed by atoms with E-state index in [0.717, 1.165) is 13.8 Å². The highest BCUT2D eigenvalue weighted by molar-refractivity contribution is 6.30. The van der Waals surface area contributed by atoms with E-state index in [1.54, 1.807) is 145 Å². The average Bonchev–Trinajstić information content (AvgIpc) is 0.951. The van der Waals surface area contributed by atoms with Crippen molar-refractivity contribution < 1.29 is 91.3 Å². The quantitative estimate of drug-likeness (QED) is 0.0254. The molecule has 2 heterocycles. The molecule has 11 atom stereocenters. The predicted octanol–water partition coefficient (Wildman–Crippen LogP) is 9.18. The number of aromatic nitrogens is 1. The molecule has 3 amide bonds. The van der Waals surface area contributed by atoms with Gasteiger partial charge in [0.05, 0.1) is 55.1 Å². The van der Waals surface area contributed by atoms with Crippen LogP contribution < -0.4 is 20.7 Å². The second kappa shape index (κ2) is 29.1. The van der Waals surface area contributed by atoms with Crippen LogP contribution in [0.25, 0.3) is 10.9 Å². The van der Waals surface area contributed by atoms with Gasteiger partial charge in [0, 0.05) is 78.0 Å². The van der Waals surface area contributed by atoms with Crippen LogP contribution in [0.2, 0.25) is 5.02 Å². The number of aliphatic hydroxyl groups excluding tert-OH is 1. The van der Waals surface area contributed by atoms with Crippen LogP contribution in [0.3, 0.4) is 0 Å². The molecule has 0 spiro atoms. The van der Waals surface area contributed by atoms with Gasteiger partial charge in [-0.3, -0.25) is 42.9 Å². The van der Waals surface area contributed by atoms with Crippen LogP contribution in [0, 0.1) is 23.7 Å². The molecule has 5 N–H and O–H groups in total. The summed E-state index contributed by atoms with van der Waals surface area (Å²) in [6, 6.07) is 40.6. The largest absolute Gasteiger partial charge is 0.497 e. The maximum absolute atomic E-state index is 15.9. The van der Waals surface area contributed by atoms with Crippen LogP contribution in [0.15, 0.2) is 169 Å². The Morgan fingerprint density at radius 1 is 0.743 bits per heavy atom. The third kappa shape index (κ3) is 14.0. The molecular formula is C77H77ClN4O19. The molecule has 526 valence electrons. The number of methoxy groups -OCH3 is 1. The molecule has 1 aliphatic heterocycles. The topological polar surface area (TPSA) is 317 Å². The third-order valence-electron chi connectivity index (χ3n) is 20.2. The minimum Gasteiger partial charge on any atom is -0.497 e. The van der Waals surface area contributed by atoms with Crippen molar-refractivity contribution >= 4 is 87.4 Å². The first-order valence-electron chi connectivity index (χ1n) is 32.9. The average molecular weight is 1400 g/mol. The molecule has 2 bridgehead atoms.